The number of ether oxygens (including phenoxy) is 2. The van der Waals surface area contributed by atoms with E-state index in [9.17, 15) is 0 Å². The molecule has 0 aliphatic heterocycles. The van der Waals surface area contributed by atoms with Crippen molar-refractivity contribution >= 4 is 50.6 Å². The zero-order chi connectivity index (χ0) is 68.7. The van der Waals surface area contributed by atoms with Crippen LogP contribution in [-0.2, 0) is 15.6 Å². The summed E-state index contributed by atoms with van der Waals surface area (Å²) in [6, 6.07) is 44.9. The van der Waals surface area contributed by atoms with Gasteiger partial charge in [-0.3, -0.25) is 0 Å². The summed E-state index contributed by atoms with van der Waals surface area (Å²) < 4.78 is 51.4. The van der Waals surface area contributed by atoms with Crippen molar-refractivity contribution in [2.45, 2.75) is 159 Å². The first-order valence-corrected chi connectivity index (χ1v) is 37.3. The summed E-state index contributed by atoms with van der Waals surface area (Å²) in [4.78, 5) is 4.91. The second kappa shape index (κ2) is 26.3. The van der Waals surface area contributed by atoms with Gasteiger partial charge < -0.3 is 23.7 Å². The van der Waals surface area contributed by atoms with E-state index in [1.807, 2.05) is 30.4 Å². The van der Waals surface area contributed by atoms with E-state index in [0.29, 0.717) is 37.5 Å². The Morgan fingerprint density at radius 1 is 0.604 bits per heavy atom. The Bertz CT molecular complexity index is 4980. The normalized spacial score (nSPS) is 27.2. The zero-order valence-corrected chi connectivity index (χ0v) is 58.7. The van der Waals surface area contributed by atoms with Gasteiger partial charge in [0, 0.05) is 82.0 Å². The Hall–Kier alpha value is -9.72. The first kappa shape index (κ1) is 64.6. The lowest BCUT2D eigenvalue weighted by atomic mass is 9.56. The maximum Gasteiger partial charge on any atom is 0.137 e. The van der Waals surface area contributed by atoms with E-state index in [2.05, 4.69) is 239 Å². The molecule has 508 valence electrons. The van der Waals surface area contributed by atoms with E-state index in [-0.39, 0.29) is 41.3 Å². The number of allylic oxidation sites excluding steroid dienone is 21. The van der Waals surface area contributed by atoms with Crippen molar-refractivity contribution in [1.82, 2.24) is 0 Å². The number of aryl methyl sites for hydroxylation is 2. The molecule has 0 saturated heterocycles. The monoisotopic (exact) mass is 1330 g/mol. The van der Waals surface area contributed by atoms with Crippen molar-refractivity contribution in [3.05, 3.63) is 333 Å². The number of nitrogens with zero attached hydrogens (tertiary/aromatic N) is 2. The van der Waals surface area contributed by atoms with E-state index in [1.165, 1.54) is 66.9 Å². The molecule has 6 aromatic carbocycles. The largest absolute Gasteiger partial charge is 0.491 e. The van der Waals surface area contributed by atoms with Crippen LogP contribution in [0.4, 0.5) is 25.8 Å². The number of hydrogen-bond donors (Lipinski definition) is 0. The summed E-state index contributed by atoms with van der Waals surface area (Å²) in [5.74, 6) is 2.75. The van der Waals surface area contributed by atoms with Crippen LogP contribution in [-0.4, -0.2) is 24.4 Å². The number of halogens is 2. The Labute approximate surface area is 595 Å². The zero-order valence-electron chi connectivity index (χ0n) is 58.7. The first-order valence-electron chi connectivity index (χ1n) is 37.3. The molecule has 7 heteroatoms. The van der Waals surface area contributed by atoms with Crippen LogP contribution in [0.15, 0.2) is 293 Å². The molecule has 0 amide bonds. The summed E-state index contributed by atoms with van der Waals surface area (Å²) in [6.07, 6.45) is 50.1. The second-order valence-corrected chi connectivity index (χ2v) is 30.1. The Balaban J connectivity index is 0.756. The van der Waals surface area contributed by atoms with Gasteiger partial charge in [0.1, 0.15) is 41.1 Å². The van der Waals surface area contributed by atoms with E-state index in [0.717, 1.165) is 132 Å². The van der Waals surface area contributed by atoms with Crippen LogP contribution in [0.2, 0.25) is 0 Å². The molecule has 7 aromatic rings. The fraction of sp³-hybridized carbons (Fsp3) is 0.298. The van der Waals surface area contributed by atoms with Gasteiger partial charge >= 0.3 is 0 Å². The standard InChI is InChI=1S/C94H90F2N2O3/c1-7-63-21-41-75(42-22-63)99-77-45-25-65(26-46-77)93(87-53-59(3)17-19-61(87)5)85-15-11-9-13-79(85)81-49-37-71(55-89(81)93)97(69-33-29-67(95)30-34-69)73-39-51-83-84-52-40-74(58-92(84)101-91(83)57-73)98(70-35-31-68(96)32-36-70)72-38-50-82-80-14-10-12-16-86(80)94(90(82)56-72,88-54-60(4)18-20-62(88)6)66-27-47-78(48-28-66)100-76-43-23-64(8-2)24-44-76/h7-11,13-15,17,19-26,31-33,35,38-43,45,47,50-58,60,66-67,70,76-77,81,89H,1-2,12,16,18,27-30,34,36-37,44,46,48-49H2,3-6H3. The van der Waals surface area contributed by atoms with Gasteiger partial charge in [-0.05, 0) is 255 Å². The number of anilines is 3. The molecule has 10 atom stereocenters. The van der Waals surface area contributed by atoms with Crippen molar-refractivity contribution in [3.63, 3.8) is 0 Å². The molecule has 0 spiro atoms. The Morgan fingerprint density at radius 2 is 1.39 bits per heavy atom. The van der Waals surface area contributed by atoms with Gasteiger partial charge in [-0.1, -0.05) is 171 Å². The molecular formula is C94H90F2N2O3. The molecule has 10 aliphatic rings. The highest BCUT2D eigenvalue weighted by Crippen LogP contribution is 2.65. The van der Waals surface area contributed by atoms with Gasteiger partial charge in [-0.2, -0.15) is 0 Å². The van der Waals surface area contributed by atoms with E-state index in [4.69, 9.17) is 13.9 Å². The van der Waals surface area contributed by atoms with Crippen molar-refractivity contribution < 1.29 is 22.7 Å². The van der Waals surface area contributed by atoms with Crippen LogP contribution >= 0.6 is 0 Å². The van der Waals surface area contributed by atoms with Gasteiger partial charge in [-0.15, -0.1) is 0 Å². The molecule has 0 bridgehead atoms. The summed E-state index contributed by atoms with van der Waals surface area (Å²) in [5.41, 5.74) is 24.7. The number of benzene rings is 6. The average molecular weight is 1330 g/mol. The lowest BCUT2D eigenvalue weighted by Gasteiger charge is -2.47. The summed E-state index contributed by atoms with van der Waals surface area (Å²) >= 11 is 0. The van der Waals surface area contributed by atoms with Crippen molar-refractivity contribution in [3.8, 4) is 5.75 Å². The Morgan fingerprint density at radius 3 is 2.14 bits per heavy atom. The van der Waals surface area contributed by atoms with Gasteiger partial charge in [0.2, 0.25) is 0 Å². The number of rotatable bonds is 16. The van der Waals surface area contributed by atoms with Crippen molar-refractivity contribution in [2.75, 3.05) is 9.80 Å². The first-order chi connectivity index (χ1) is 49.3. The fourth-order valence-electron chi connectivity index (χ4n) is 19.4. The van der Waals surface area contributed by atoms with E-state index < -0.39 is 11.6 Å². The average Bonchev–Trinajstić information content (AvgIpc) is 1.55. The minimum atomic E-state index is -0.878. The van der Waals surface area contributed by atoms with E-state index >= 15 is 8.78 Å². The van der Waals surface area contributed by atoms with Crippen molar-refractivity contribution in [1.29, 1.82) is 0 Å². The van der Waals surface area contributed by atoms with Crippen LogP contribution in [0.25, 0.3) is 33.6 Å². The molecule has 0 saturated carbocycles. The quantitative estimate of drug-likeness (QED) is 0.0964. The highest BCUT2D eigenvalue weighted by molar-refractivity contribution is 6.07. The molecule has 10 unspecified atom stereocenters. The summed E-state index contributed by atoms with van der Waals surface area (Å²) in [5, 5.41) is 2.06. The van der Waals surface area contributed by atoms with Crippen LogP contribution in [0.1, 0.15) is 154 Å². The highest BCUT2D eigenvalue weighted by Gasteiger charge is 2.57. The van der Waals surface area contributed by atoms with Crippen LogP contribution in [0, 0.1) is 31.6 Å². The van der Waals surface area contributed by atoms with E-state index in [1.54, 1.807) is 17.7 Å². The number of alkyl halides is 1. The third-order valence-electron chi connectivity index (χ3n) is 24.1. The fourth-order valence-corrected chi connectivity index (χ4v) is 19.4. The lowest BCUT2D eigenvalue weighted by Crippen LogP contribution is -2.40. The minimum Gasteiger partial charge on any atom is -0.491 e. The molecule has 1 aromatic heterocycles. The molecule has 17 rings (SSSR count). The molecule has 0 N–H and O–H groups in total. The number of hydrogen-bond acceptors (Lipinski definition) is 5. The molecule has 101 heavy (non-hydrogen) atoms. The predicted molar refractivity (Wildman–Crippen MR) is 413 cm³/mol. The third kappa shape index (κ3) is 11.2. The topological polar surface area (TPSA) is 38.1 Å². The minimum absolute atomic E-state index is 0.0193. The highest BCUT2D eigenvalue weighted by atomic mass is 19.1. The predicted octanol–water partition coefficient (Wildman–Crippen LogP) is 24.5. The second-order valence-electron chi connectivity index (χ2n) is 30.1. The summed E-state index contributed by atoms with van der Waals surface area (Å²) in [6.45, 7) is 17.2. The molecule has 5 nitrogen and oxygen atoms in total. The number of furan rings is 1. The number of fused-ring (bicyclic) bond motifs is 8. The Kier molecular flexibility index (Phi) is 16.9. The van der Waals surface area contributed by atoms with Gasteiger partial charge in [0.05, 0.1) is 17.2 Å². The van der Waals surface area contributed by atoms with Crippen LogP contribution in [0.5, 0.6) is 5.75 Å². The van der Waals surface area contributed by atoms with Gasteiger partial charge in [0.25, 0.3) is 0 Å². The maximum absolute atomic E-state index is 15.5. The molecule has 10 aliphatic carbocycles. The molecule has 1 heterocycles. The lowest BCUT2D eigenvalue weighted by molar-refractivity contribution is 0.133. The van der Waals surface area contributed by atoms with Gasteiger partial charge in [0.15, 0.2) is 0 Å². The SMILES string of the molecule is C=CC1=CCC(OC2=CCC(C3(C4=CC(C)CC=C4C)C4=C(C=CCC4)c4ccc(N(c5ccc6c(c5)oc5cc(N(C7=CCC(F)CC7)C7=CC8C(CC7)c7ccccc7C8(C7=CCC(Oc8ccc(C=C)cc8)C=C7)c7cc(C)ccc7C)ccc56)C5C=CC(F)=CC5)cc43)CC2)C=C1. The molecule has 0 radical (unpaired) electrons. The third-order valence-corrected chi connectivity index (χ3v) is 24.1. The summed E-state index contributed by atoms with van der Waals surface area (Å²) in [7, 11) is 0. The van der Waals surface area contributed by atoms with Crippen LogP contribution in [0.3, 0.4) is 0 Å². The molecular weight excluding hydrogens is 1240 g/mol. The smallest absolute Gasteiger partial charge is 0.137 e. The van der Waals surface area contributed by atoms with Gasteiger partial charge in [-0.25, -0.2) is 8.78 Å². The molecule has 0 fully saturated rings. The maximum atomic E-state index is 15.5. The van der Waals surface area contributed by atoms with Crippen molar-refractivity contribution in [2.24, 2.45) is 17.8 Å². The van der Waals surface area contributed by atoms with Crippen LogP contribution < -0.4 is 14.5 Å².